The van der Waals surface area contributed by atoms with Gasteiger partial charge in [0.15, 0.2) is 0 Å². The van der Waals surface area contributed by atoms with Crippen LogP contribution in [-0.2, 0) is 22.4 Å². The molecule has 28 heavy (non-hydrogen) atoms. The molecule has 1 aromatic heterocycles. The SMILES string of the molecule is CCCN(CCC)c1cc2c3c(cncc3c1)CCC2.O=C(O)C=CC(=O)O. The summed E-state index contributed by atoms with van der Waals surface area (Å²) in [5.74, 6) is -2.51. The van der Waals surface area contributed by atoms with E-state index in [2.05, 4.69) is 42.1 Å². The molecule has 0 saturated carbocycles. The highest BCUT2D eigenvalue weighted by Crippen LogP contribution is 2.33. The number of pyridine rings is 1. The summed E-state index contributed by atoms with van der Waals surface area (Å²) in [5, 5.41) is 18.4. The average molecular weight is 384 g/mol. The van der Waals surface area contributed by atoms with E-state index in [4.69, 9.17) is 10.2 Å². The van der Waals surface area contributed by atoms with E-state index < -0.39 is 11.9 Å². The lowest BCUT2D eigenvalue weighted by Gasteiger charge is -2.26. The number of benzene rings is 1. The van der Waals surface area contributed by atoms with Crippen molar-refractivity contribution >= 4 is 28.4 Å². The molecule has 1 aliphatic rings. The molecule has 0 amide bonds. The Bertz CT molecular complexity index is 839. The zero-order valence-corrected chi connectivity index (χ0v) is 16.5. The lowest BCUT2D eigenvalue weighted by Crippen LogP contribution is -2.25. The molecule has 6 nitrogen and oxygen atoms in total. The Hall–Kier alpha value is -2.89. The van der Waals surface area contributed by atoms with E-state index in [1.807, 2.05) is 6.20 Å². The summed E-state index contributed by atoms with van der Waals surface area (Å²) in [6.07, 6.45) is 11.3. The molecule has 2 N–H and O–H groups in total. The fraction of sp³-hybridized carbons (Fsp3) is 0.409. The summed E-state index contributed by atoms with van der Waals surface area (Å²) in [4.78, 5) is 26.1. The first-order chi connectivity index (χ1) is 13.5. The van der Waals surface area contributed by atoms with Gasteiger partial charge in [0, 0.05) is 48.7 Å². The summed E-state index contributed by atoms with van der Waals surface area (Å²) >= 11 is 0. The van der Waals surface area contributed by atoms with Crippen LogP contribution in [0.3, 0.4) is 0 Å². The van der Waals surface area contributed by atoms with Gasteiger partial charge in [0.25, 0.3) is 0 Å². The molecule has 3 rings (SSSR count). The number of aromatic nitrogens is 1. The molecular weight excluding hydrogens is 356 g/mol. The Morgan fingerprint density at radius 3 is 2.18 bits per heavy atom. The number of hydrogen-bond donors (Lipinski definition) is 2. The molecule has 0 unspecified atom stereocenters. The molecule has 1 aromatic carbocycles. The first-order valence-corrected chi connectivity index (χ1v) is 9.74. The fourth-order valence-corrected chi connectivity index (χ4v) is 3.57. The minimum Gasteiger partial charge on any atom is -0.478 e. The lowest BCUT2D eigenvalue weighted by atomic mass is 9.89. The van der Waals surface area contributed by atoms with Crippen molar-refractivity contribution in [3.05, 3.63) is 47.8 Å². The van der Waals surface area contributed by atoms with E-state index in [1.165, 1.54) is 59.7 Å². The normalized spacial score (nSPS) is 12.5. The van der Waals surface area contributed by atoms with E-state index >= 15 is 0 Å². The van der Waals surface area contributed by atoms with Crippen LogP contribution in [0.2, 0.25) is 0 Å². The lowest BCUT2D eigenvalue weighted by molar-refractivity contribution is -0.134. The van der Waals surface area contributed by atoms with Crippen LogP contribution >= 0.6 is 0 Å². The maximum Gasteiger partial charge on any atom is 0.328 e. The Morgan fingerprint density at radius 1 is 1.00 bits per heavy atom. The number of aliphatic carboxylic acids is 2. The fourth-order valence-electron chi connectivity index (χ4n) is 3.57. The van der Waals surface area contributed by atoms with Crippen LogP contribution in [0.5, 0.6) is 0 Å². The van der Waals surface area contributed by atoms with Gasteiger partial charge in [-0.05, 0) is 60.7 Å². The van der Waals surface area contributed by atoms with Gasteiger partial charge in [0.1, 0.15) is 0 Å². The van der Waals surface area contributed by atoms with Gasteiger partial charge in [0.05, 0.1) is 0 Å². The van der Waals surface area contributed by atoms with Gasteiger partial charge < -0.3 is 15.1 Å². The molecule has 150 valence electrons. The van der Waals surface area contributed by atoms with Crippen molar-refractivity contribution in [2.24, 2.45) is 0 Å². The predicted octanol–water partition coefficient (Wildman–Crippen LogP) is 4.06. The van der Waals surface area contributed by atoms with Crippen molar-refractivity contribution in [1.29, 1.82) is 0 Å². The Morgan fingerprint density at radius 2 is 1.61 bits per heavy atom. The molecule has 0 bridgehead atoms. The number of hydrogen-bond acceptors (Lipinski definition) is 4. The molecule has 0 saturated heterocycles. The van der Waals surface area contributed by atoms with Gasteiger partial charge in [-0.15, -0.1) is 0 Å². The topological polar surface area (TPSA) is 90.7 Å². The molecule has 0 radical (unpaired) electrons. The van der Waals surface area contributed by atoms with Gasteiger partial charge >= 0.3 is 11.9 Å². The second-order valence-corrected chi connectivity index (χ2v) is 6.85. The summed E-state index contributed by atoms with van der Waals surface area (Å²) in [6, 6.07) is 4.77. The smallest absolute Gasteiger partial charge is 0.328 e. The summed E-state index contributed by atoms with van der Waals surface area (Å²) in [6.45, 7) is 6.80. The highest BCUT2D eigenvalue weighted by Gasteiger charge is 2.15. The second kappa shape index (κ2) is 10.4. The maximum atomic E-state index is 9.55. The van der Waals surface area contributed by atoms with Crippen LogP contribution in [0, 0.1) is 0 Å². The van der Waals surface area contributed by atoms with E-state index in [1.54, 1.807) is 0 Å². The van der Waals surface area contributed by atoms with Crippen molar-refractivity contribution in [3.8, 4) is 0 Å². The number of rotatable bonds is 7. The molecule has 0 fully saturated rings. The van der Waals surface area contributed by atoms with Crippen molar-refractivity contribution in [3.63, 3.8) is 0 Å². The van der Waals surface area contributed by atoms with Crippen molar-refractivity contribution < 1.29 is 19.8 Å². The first-order valence-electron chi connectivity index (χ1n) is 9.74. The van der Waals surface area contributed by atoms with Crippen LogP contribution in [0.25, 0.3) is 10.8 Å². The second-order valence-electron chi connectivity index (χ2n) is 6.85. The van der Waals surface area contributed by atoms with Gasteiger partial charge in [-0.25, -0.2) is 9.59 Å². The van der Waals surface area contributed by atoms with E-state index in [-0.39, 0.29) is 0 Å². The summed E-state index contributed by atoms with van der Waals surface area (Å²) < 4.78 is 0. The number of nitrogens with zero attached hydrogens (tertiary/aromatic N) is 2. The van der Waals surface area contributed by atoms with Crippen LogP contribution in [-0.4, -0.2) is 40.2 Å². The van der Waals surface area contributed by atoms with E-state index in [9.17, 15) is 9.59 Å². The first kappa shape index (κ1) is 21.4. The zero-order valence-electron chi connectivity index (χ0n) is 16.5. The minimum atomic E-state index is -1.26. The predicted molar refractivity (Wildman–Crippen MR) is 111 cm³/mol. The standard InChI is InChI=1S/C18H24N2.C4H4O4/c1-3-8-20(9-4-2)17-10-14-6-5-7-15-12-19-13-16(11-17)18(14)15;5-3(6)1-2-4(7)8/h10-13H,3-9H2,1-2H3;1-2H,(H,5,6)(H,7,8). The summed E-state index contributed by atoms with van der Waals surface area (Å²) in [7, 11) is 0. The molecule has 0 spiro atoms. The largest absolute Gasteiger partial charge is 0.478 e. The highest BCUT2D eigenvalue weighted by molar-refractivity contribution is 5.92. The van der Waals surface area contributed by atoms with Crippen molar-refractivity contribution in [1.82, 2.24) is 4.98 Å². The van der Waals surface area contributed by atoms with Crippen molar-refractivity contribution in [2.45, 2.75) is 46.0 Å². The third kappa shape index (κ3) is 5.81. The molecule has 6 heteroatoms. The van der Waals surface area contributed by atoms with Crippen LogP contribution < -0.4 is 4.90 Å². The number of anilines is 1. The third-order valence-electron chi connectivity index (χ3n) is 4.61. The number of carboxylic acid groups (broad SMARTS) is 2. The Kier molecular flexibility index (Phi) is 7.99. The minimum absolute atomic E-state index is 0.558. The van der Waals surface area contributed by atoms with E-state index in [0.717, 1.165) is 13.1 Å². The molecule has 0 aliphatic heterocycles. The van der Waals surface area contributed by atoms with Gasteiger partial charge in [0.2, 0.25) is 0 Å². The number of aryl methyl sites for hydroxylation is 2. The van der Waals surface area contributed by atoms with E-state index in [0.29, 0.717) is 12.2 Å². The van der Waals surface area contributed by atoms with Crippen LogP contribution in [0.1, 0.15) is 44.2 Å². The molecule has 1 aliphatic carbocycles. The monoisotopic (exact) mass is 384 g/mol. The summed E-state index contributed by atoms with van der Waals surface area (Å²) in [5.41, 5.74) is 4.35. The number of carbonyl (C=O) groups is 2. The van der Waals surface area contributed by atoms with Crippen LogP contribution in [0.15, 0.2) is 36.7 Å². The maximum absolute atomic E-state index is 9.55. The quantitative estimate of drug-likeness (QED) is 0.700. The Labute approximate surface area is 165 Å². The van der Waals surface area contributed by atoms with Gasteiger partial charge in [-0.2, -0.15) is 0 Å². The third-order valence-corrected chi connectivity index (χ3v) is 4.61. The highest BCUT2D eigenvalue weighted by atomic mass is 16.4. The van der Waals surface area contributed by atoms with Crippen LogP contribution in [0.4, 0.5) is 5.69 Å². The average Bonchev–Trinajstić information content (AvgIpc) is 2.67. The molecular formula is C22H28N2O4. The Balaban J connectivity index is 0.000000300. The van der Waals surface area contributed by atoms with Crippen molar-refractivity contribution in [2.75, 3.05) is 18.0 Å². The molecule has 1 heterocycles. The molecule has 2 aromatic rings. The van der Waals surface area contributed by atoms with Gasteiger partial charge in [-0.1, -0.05) is 13.8 Å². The zero-order chi connectivity index (χ0) is 20.5. The molecule has 0 atom stereocenters. The number of carboxylic acids is 2. The van der Waals surface area contributed by atoms with Gasteiger partial charge in [-0.3, -0.25) is 4.98 Å².